The molecular formula is C23H30N2O3. The Morgan fingerprint density at radius 2 is 1.75 bits per heavy atom. The Labute approximate surface area is 168 Å². The molecule has 0 aliphatic rings. The molecule has 150 valence electrons. The van der Waals surface area contributed by atoms with Crippen LogP contribution in [0.1, 0.15) is 32.8 Å². The van der Waals surface area contributed by atoms with E-state index in [0.29, 0.717) is 18.1 Å². The highest BCUT2D eigenvalue weighted by atomic mass is 16.5. The standard InChI is InChI=1S/C23H30N2O3/c1-5-16-28-21-14-8-18(17-22(21)27-4)9-15-23(26)24-19-10-12-20(13-11-19)25(6-2)7-3/h8-15,17H,5-7,16H2,1-4H3,(H,24,26)/b15-9+. The molecular weight excluding hydrogens is 352 g/mol. The van der Waals surface area contributed by atoms with E-state index in [4.69, 9.17) is 9.47 Å². The van der Waals surface area contributed by atoms with Crippen molar-refractivity contribution in [3.05, 3.63) is 54.1 Å². The van der Waals surface area contributed by atoms with Crippen molar-refractivity contribution in [2.45, 2.75) is 27.2 Å². The molecule has 0 fully saturated rings. The molecule has 0 aliphatic heterocycles. The summed E-state index contributed by atoms with van der Waals surface area (Å²) in [5.41, 5.74) is 2.79. The fourth-order valence-corrected chi connectivity index (χ4v) is 2.82. The first-order valence-corrected chi connectivity index (χ1v) is 9.76. The molecule has 0 aromatic heterocycles. The van der Waals surface area contributed by atoms with Gasteiger partial charge in [0.25, 0.3) is 0 Å². The minimum atomic E-state index is -0.180. The molecule has 0 spiro atoms. The first kappa shape index (κ1) is 21.4. The Morgan fingerprint density at radius 3 is 2.36 bits per heavy atom. The van der Waals surface area contributed by atoms with E-state index in [2.05, 4.69) is 31.0 Å². The predicted octanol–water partition coefficient (Wildman–Crippen LogP) is 4.98. The highest BCUT2D eigenvalue weighted by Gasteiger charge is 2.05. The summed E-state index contributed by atoms with van der Waals surface area (Å²) in [6.45, 7) is 8.86. The quantitative estimate of drug-likeness (QED) is 0.589. The van der Waals surface area contributed by atoms with Crippen molar-refractivity contribution < 1.29 is 14.3 Å². The summed E-state index contributed by atoms with van der Waals surface area (Å²) in [7, 11) is 1.61. The lowest BCUT2D eigenvalue weighted by atomic mass is 10.2. The average molecular weight is 383 g/mol. The maximum atomic E-state index is 12.2. The second-order valence-corrected chi connectivity index (χ2v) is 6.30. The molecule has 0 radical (unpaired) electrons. The summed E-state index contributed by atoms with van der Waals surface area (Å²) in [5, 5.41) is 2.88. The Bertz CT molecular complexity index is 781. The molecule has 2 aromatic carbocycles. The van der Waals surface area contributed by atoms with Crippen molar-refractivity contribution in [3.63, 3.8) is 0 Å². The van der Waals surface area contributed by atoms with Crippen LogP contribution in [0.15, 0.2) is 48.5 Å². The van der Waals surface area contributed by atoms with E-state index in [1.165, 1.54) is 6.08 Å². The van der Waals surface area contributed by atoms with Gasteiger partial charge in [-0.2, -0.15) is 0 Å². The lowest BCUT2D eigenvalue weighted by molar-refractivity contribution is -0.111. The number of nitrogens with zero attached hydrogens (tertiary/aromatic N) is 1. The highest BCUT2D eigenvalue weighted by Crippen LogP contribution is 2.28. The second kappa shape index (κ2) is 11.0. The van der Waals surface area contributed by atoms with Crippen molar-refractivity contribution >= 4 is 23.4 Å². The SMILES string of the molecule is CCCOc1ccc(/C=C/C(=O)Nc2ccc(N(CC)CC)cc2)cc1OC. The molecule has 0 unspecified atom stereocenters. The molecule has 5 heteroatoms. The Morgan fingerprint density at radius 1 is 1.04 bits per heavy atom. The molecule has 0 saturated heterocycles. The molecule has 5 nitrogen and oxygen atoms in total. The van der Waals surface area contributed by atoms with Gasteiger partial charge in [0.1, 0.15) is 0 Å². The van der Waals surface area contributed by atoms with Gasteiger partial charge in [-0.3, -0.25) is 4.79 Å². The van der Waals surface area contributed by atoms with Gasteiger partial charge in [-0.25, -0.2) is 0 Å². The normalized spacial score (nSPS) is 10.7. The average Bonchev–Trinajstić information content (AvgIpc) is 2.73. The van der Waals surface area contributed by atoms with Gasteiger partial charge in [0, 0.05) is 30.5 Å². The van der Waals surface area contributed by atoms with E-state index in [-0.39, 0.29) is 5.91 Å². The number of methoxy groups -OCH3 is 1. The molecule has 1 amide bonds. The number of benzene rings is 2. The first-order chi connectivity index (χ1) is 13.6. The third-order valence-electron chi connectivity index (χ3n) is 4.34. The second-order valence-electron chi connectivity index (χ2n) is 6.30. The Hall–Kier alpha value is -2.95. The van der Waals surface area contributed by atoms with Crippen LogP contribution in [0.4, 0.5) is 11.4 Å². The zero-order chi connectivity index (χ0) is 20.4. The smallest absolute Gasteiger partial charge is 0.248 e. The van der Waals surface area contributed by atoms with Crippen LogP contribution in [0.25, 0.3) is 6.08 Å². The summed E-state index contributed by atoms with van der Waals surface area (Å²) >= 11 is 0. The third kappa shape index (κ3) is 6.05. The molecule has 2 aromatic rings. The van der Waals surface area contributed by atoms with Gasteiger partial charge >= 0.3 is 0 Å². The summed E-state index contributed by atoms with van der Waals surface area (Å²) in [4.78, 5) is 14.5. The van der Waals surface area contributed by atoms with Crippen molar-refractivity contribution in [3.8, 4) is 11.5 Å². The van der Waals surface area contributed by atoms with Gasteiger partial charge in [-0.1, -0.05) is 13.0 Å². The molecule has 1 N–H and O–H groups in total. The van der Waals surface area contributed by atoms with E-state index in [1.807, 2.05) is 42.5 Å². The molecule has 0 bridgehead atoms. The highest BCUT2D eigenvalue weighted by molar-refractivity contribution is 6.02. The number of ether oxygens (including phenoxy) is 2. The van der Waals surface area contributed by atoms with Crippen LogP contribution in [0.3, 0.4) is 0 Å². The number of nitrogens with one attached hydrogen (secondary N) is 1. The number of carbonyl (C=O) groups is 1. The first-order valence-electron chi connectivity index (χ1n) is 9.76. The predicted molar refractivity (Wildman–Crippen MR) is 116 cm³/mol. The molecule has 2 rings (SSSR count). The Balaban J connectivity index is 1.99. The number of rotatable bonds is 10. The maximum absolute atomic E-state index is 12.2. The van der Waals surface area contributed by atoms with Gasteiger partial charge in [0.15, 0.2) is 11.5 Å². The lowest BCUT2D eigenvalue weighted by Gasteiger charge is -2.21. The zero-order valence-electron chi connectivity index (χ0n) is 17.2. The van der Waals surface area contributed by atoms with Gasteiger partial charge in [-0.05, 0) is 68.3 Å². The molecule has 0 heterocycles. The number of anilines is 2. The van der Waals surface area contributed by atoms with Crippen LogP contribution in [0.2, 0.25) is 0 Å². The molecule has 28 heavy (non-hydrogen) atoms. The number of amides is 1. The number of carbonyl (C=O) groups excluding carboxylic acids is 1. The largest absolute Gasteiger partial charge is 0.493 e. The zero-order valence-corrected chi connectivity index (χ0v) is 17.2. The van der Waals surface area contributed by atoms with Crippen LogP contribution < -0.4 is 19.7 Å². The van der Waals surface area contributed by atoms with E-state index in [0.717, 1.165) is 36.4 Å². The van der Waals surface area contributed by atoms with Gasteiger partial charge in [0.05, 0.1) is 13.7 Å². The fourth-order valence-electron chi connectivity index (χ4n) is 2.82. The lowest BCUT2D eigenvalue weighted by Crippen LogP contribution is -2.21. The van der Waals surface area contributed by atoms with Crippen molar-refractivity contribution in [2.24, 2.45) is 0 Å². The number of hydrogen-bond donors (Lipinski definition) is 1. The molecule has 0 aliphatic carbocycles. The fraction of sp³-hybridized carbons (Fsp3) is 0.348. The van der Waals surface area contributed by atoms with Crippen LogP contribution in [0.5, 0.6) is 11.5 Å². The van der Waals surface area contributed by atoms with Crippen LogP contribution in [0, 0.1) is 0 Å². The minimum Gasteiger partial charge on any atom is -0.493 e. The number of hydrogen-bond acceptors (Lipinski definition) is 4. The van der Waals surface area contributed by atoms with Crippen LogP contribution >= 0.6 is 0 Å². The van der Waals surface area contributed by atoms with Crippen LogP contribution in [-0.4, -0.2) is 32.7 Å². The summed E-state index contributed by atoms with van der Waals surface area (Å²) in [6, 6.07) is 13.5. The monoisotopic (exact) mass is 382 g/mol. The van der Waals surface area contributed by atoms with Gasteiger partial charge in [0.2, 0.25) is 5.91 Å². The maximum Gasteiger partial charge on any atom is 0.248 e. The summed E-state index contributed by atoms with van der Waals surface area (Å²) in [6.07, 6.45) is 4.20. The molecule has 0 atom stereocenters. The topological polar surface area (TPSA) is 50.8 Å². The van der Waals surface area contributed by atoms with Crippen molar-refractivity contribution in [1.82, 2.24) is 0 Å². The Kier molecular flexibility index (Phi) is 8.40. The van der Waals surface area contributed by atoms with E-state index < -0.39 is 0 Å². The van der Waals surface area contributed by atoms with Crippen LogP contribution in [-0.2, 0) is 4.79 Å². The van der Waals surface area contributed by atoms with Crippen molar-refractivity contribution in [1.29, 1.82) is 0 Å². The summed E-state index contributed by atoms with van der Waals surface area (Å²) in [5.74, 6) is 1.18. The summed E-state index contributed by atoms with van der Waals surface area (Å²) < 4.78 is 11.0. The molecule has 0 saturated carbocycles. The van der Waals surface area contributed by atoms with E-state index in [1.54, 1.807) is 13.2 Å². The van der Waals surface area contributed by atoms with Gasteiger partial charge < -0.3 is 19.7 Å². The van der Waals surface area contributed by atoms with E-state index >= 15 is 0 Å². The van der Waals surface area contributed by atoms with Crippen molar-refractivity contribution in [2.75, 3.05) is 37.0 Å². The third-order valence-corrected chi connectivity index (χ3v) is 4.34. The van der Waals surface area contributed by atoms with Gasteiger partial charge in [-0.15, -0.1) is 0 Å². The van der Waals surface area contributed by atoms with E-state index in [9.17, 15) is 4.79 Å². The minimum absolute atomic E-state index is 0.180.